The highest BCUT2D eigenvalue weighted by molar-refractivity contribution is 5.90. The third kappa shape index (κ3) is 2.53. The van der Waals surface area contributed by atoms with E-state index >= 15 is 0 Å². The predicted molar refractivity (Wildman–Crippen MR) is 84.9 cm³/mol. The van der Waals surface area contributed by atoms with Crippen LogP contribution >= 0.6 is 0 Å². The SMILES string of the molecule is COC(=O)c1ccc2c(c1)CC1(CCC(C)(C)CNC1=O)C2O. The fraction of sp³-hybridized carbons (Fsp3) is 0.556. The summed E-state index contributed by atoms with van der Waals surface area (Å²) in [6, 6.07) is 5.12. The number of nitrogens with one attached hydrogen (secondary N) is 1. The molecule has 124 valence electrons. The van der Waals surface area contributed by atoms with Crippen LogP contribution < -0.4 is 5.32 Å². The van der Waals surface area contributed by atoms with Gasteiger partial charge in [0.2, 0.25) is 5.91 Å². The van der Waals surface area contributed by atoms with E-state index < -0.39 is 17.5 Å². The molecule has 1 heterocycles. The highest BCUT2D eigenvalue weighted by Gasteiger charge is 2.52. The second-order valence-electron chi connectivity index (χ2n) is 7.49. The zero-order chi connectivity index (χ0) is 16.8. The molecule has 2 aliphatic rings. The minimum atomic E-state index is -0.835. The van der Waals surface area contributed by atoms with E-state index in [9.17, 15) is 14.7 Å². The van der Waals surface area contributed by atoms with Gasteiger partial charge in [0.25, 0.3) is 0 Å². The molecular formula is C18H23NO4. The number of benzene rings is 1. The van der Waals surface area contributed by atoms with Crippen LogP contribution in [0, 0.1) is 10.8 Å². The molecule has 3 rings (SSSR count). The third-order valence-electron chi connectivity index (χ3n) is 5.32. The molecule has 1 saturated heterocycles. The highest BCUT2D eigenvalue weighted by atomic mass is 16.5. The van der Waals surface area contributed by atoms with Crippen molar-refractivity contribution in [2.45, 2.75) is 39.2 Å². The number of amides is 1. The van der Waals surface area contributed by atoms with E-state index in [-0.39, 0.29) is 11.3 Å². The molecule has 0 bridgehead atoms. The van der Waals surface area contributed by atoms with Crippen molar-refractivity contribution in [3.05, 3.63) is 34.9 Å². The van der Waals surface area contributed by atoms with E-state index in [0.29, 0.717) is 24.9 Å². The van der Waals surface area contributed by atoms with Crippen molar-refractivity contribution in [2.75, 3.05) is 13.7 Å². The van der Waals surface area contributed by atoms with Gasteiger partial charge in [0, 0.05) is 6.54 Å². The van der Waals surface area contributed by atoms with Crippen molar-refractivity contribution in [1.29, 1.82) is 0 Å². The number of fused-ring (bicyclic) bond motifs is 1. The topological polar surface area (TPSA) is 75.6 Å². The zero-order valence-electron chi connectivity index (χ0n) is 13.8. The maximum atomic E-state index is 12.7. The first kappa shape index (κ1) is 16.0. The fourth-order valence-corrected chi connectivity index (χ4v) is 3.69. The molecule has 1 amide bonds. The summed E-state index contributed by atoms with van der Waals surface area (Å²) in [5.41, 5.74) is 1.24. The molecule has 1 aromatic rings. The zero-order valence-corrected chi connectivity index (χ0v) is 13.8. The van der Waals surface area contributed by atoms with Gasteiger partial charge in [-0.05, 0) is 47.9 Å². The van der Waals surface area contributed by atoms with Crippen molar-refractivity contribution < 1.29 is 19.4 Å². The number of methoxy groups -OCH3 is 1. The molecule has 5 nitrogen and oxygen atoms in total. The quantitative estimate of drug-likeness (QED) is 0.777. The van der Waals surface area contributed by atoms with Gasteiger partial charge in [-0.25, -0.2) is 4.79 Å². The van der Waals surface area contributed by atoms with E-state index in [2.05, 4.69) is 19.2 Å². The van der Waals surface area contributed by atoms with E-state index in [1.807, 2.05) is 0 Å². The fourth-order valence-electron chi connectivity index (χ4n) is 3.69. The predicted octanol–water partition coefficient (Wildman–Crippen LogP) is 1.99. The number of hydrogen-bond acceptors (Lipinski definition) is 4. The average molecular weight is 317 g/mol. The monoisotopic (exact) mass is 317 g/mol. The summed E-state index contributed by atoms with van der Waals surface area (Å²) in [5.74, 6) is -0.499. The van der Waals surface area contributed by atoms with E-state index in [1.165, 1.54) is 7.11 Å². The molecule has 1 spiro atoms. The van der Waals surface area contributed by atoms with Crippen LogP contribution in [0.25, 0.3) is 0 Å². The Balaban J connectivity index is 1.97. The molecular weight excluding hydrogens is 294 g/mol. The highest BCUT2D eigenvalue weighted by Crippen LogP contribution is 2.51. The van der Waals surface area contributed by atoms with E-state index in [4.69, 9.17) is 4.74 Å². The van der Waals surface area contributed by atoms with Crippen molar-refractivity contribution in [2.24, 2.45) is 10.8 Å². The Hall–Kier alpha value is -1.88. The lowest BCUT2D eigenvalue weighted by Gasteiger charge is -2.30. The summed E-state index contributed by atoms with van der Waals surface area (Å²) in [6.45, 7) is 4.86. The molecule has 0 saturated carbocycles. The largest absolute Gasteiger partial charge is 0.465 e. The Kier molecular flexibility index (Phi) is 3.71. The number of aliphatic hydroxyl groups excluding tert-OH is 1. The molecule has 1 aromatic carbocycles. The van der Waals surface area contributed by atoms with Gasteiger partial charge in [0.05, 0.1) is 24.2 Å². The molecule has 23 heavy (non-hydrogen) atoms. The van der Waals surface area contributed by atoms with Gasteiger partial charge in [-0.15, -0.1) is 0 Å². The molecule has 0 aromatic heterocycles. The molecule has 1 aliphatic carbocycles. The standard InChI is InChI=1S/C18H23NO4/c1-17(2)6-7-18(16(22)19-10-17)9-12-8-11(15(21)23-3)4-5-13(12)14(18)20/h4-5,8,14,20H,6-7,9-10H2,1-3H3,(H,19,22). The Morgan fingerprint density at radius 2 is 2.09 bits per heavy atom. The first-order valence-corrected chi connectivity index (χ1v) is 7.97. The molecule has 2 atom stereocenters. The summed E-state index contributed by atoms with van der Waals surface area (Å²) in [6.07, 6.45) is 1.12. The Morgan fingerprint density at radius 1 is 1.35 bits per heavy atom. The van der Waals surface area contributed by atoms with E-state index in [0.717, 1.165) is 17.5 Å². The minimum absolute atomic E-state index is 0.0187. The minimum Gasteiger partial charge on any atom is -0.465 e. The van der Waals surface area contributed by atoms with Gasteiger partial charge in [-0.3, -0.25) is 4.79 Å². The summed E-state index contributed by atoms with van der Waals surface area (Å²) in [4.78, 5) is 24.4. The van der Waals surface area contributed by atoms with Crippen molar-refractivity contribution in [3.63, 3.8) is 0 Å². The Bertz CT molecular complexity index is 667. The summed E-state index contributed by atoms with van der Waals surface area (Å²) < 4.78 is 4.75. The van der Waals surface area contributed by atoms with Gasteiger partial charge in [0.1, 0.15) is 0 Å². The van der Waals surface area contributed by atoms with Gasteiger partial charge in [-0.1, -0.05) is 19.9 Å². The number of carbonyl (C=O) groups is 2. The molecule has 0 radical (unpaired) electrons. The third-order valence-corrected chi connectivity index (χ3v) is 5.32. The number of carbonyl (C=O) groups excluding carboxylic acids is 2. The molecule has 2 unspecified atom stereocenters. The number of aliphatic hydroxyl groups is 1. The van der Waals surface area contributed by atoms with Crippen molar-refractivity contribution in [3.8, 4) is 0 Å². The van der Waals surface area contributed by atoms with Gasteiger partial charge >= 0.3 is 5.97 Å². The maximum absolute atomic E-state index is 12.7. The van der Waals surface area contributed by atoms with Crippen molar-refractivity contribution >= 4 is 11.9 Å². The van der Waals surface area contributed by atoms with Crippen LogP contribution in [0.15, 0.2) is 18.2 Å². The van der Waals surface area contributed by atoms with Crippen LogP contribution in [0.3, 0.4) is 0 Å². The molecule has 2 N–H and O–H groups in total. The number of esters is 1. The number of hydrogen-bond donors (Lipinski definition) is 2. The summed E-state index contributed by atoms with van der Waals surface area (Å²) in [7, 11) is 1.34. The maximum Gasteiger partial charge on any atom is 0.337 e. The Morgan fingerprint density at radius 3 is 2.78 bits per heavy atom. The first-order chi connectivity index (χ1) is 10.8. The lowest BCUT2D eigenvalue weighted by molar-refractivity contribution is -0.137. The van der Waals surface area contributed by atoms with Crippen LogP contribution in [-0.2, 0) is 16.0 Å². The van der Waals surface area contributed by atoms with Gasteiger partial charge < -0.3 is 15.2 Å². The van der Waals surface area contributed by atoms with Gasteiger partial charge in [0.15, 0.2) is 0 Å². The first-order valence-electron chi connectivity index (χ1n) is 7.97. The van der Waals surface area contributed by atoms with Gasteiger partial charge in [-0.2, -0.15) is 0 Å². The summed E-state index contributed by atoms with van der Waals surface area (Å²) >= 11 is 0. The Labute approximate surface area is 136 Å². The van der Waals surface area contributed by atoms with Crippen LogP contribution in [0.4, 0.5) is 0 Å². The van der Waals surface area contributed by atoms with Crippen LogP contribution in [0.5, 0.6) is 0 Å². The second-order valence-corrected chi connectivity index (χ2v) is 7.49. The molecule has 5 heteroatoms. The average Bonchev–Trinajstić information content (AvgIpc) is 2.76. The smallest absolute Gasteiger partial charge is 0.337 e. The summed E-state index contributed by atoms with van der Waals surface area (Å²) in [5, 5.41) is 13.8. The lowest BCUT2D eigenvalue weighted by Crippen LogP contribution is -2.43. The second kappa shape index (κ2) is 5.34. The normalized spacial score (nSPS) is 28.9. The van der Waals surface area contributed by atoms with Crippen LogP contribution in [-0.4, -0.2) is 30.6 Å². The number of ether oxygens (including phenoxy) is 1. The lowest BCUT2D eigenvalue weighted by atomic mass is 9.75. The van der Waals surface area contributed by atoms with Crippen LogP contribution in [0.2, 0.25) is 0 Å². The van der Waals surface area contributed by atoms with Crippen LogP contribution in [0.1, 0.15) is 54.3 Å². The molecule has 1 aliphatic heterocycles. The number of rotatable bonds is 1. The molecule has 1 fully saturated rings. The van der Waals surface area contributed by atoms with E-state index in [1.54, 1.807) is 18.2 Å². The van der Waals surface area contributed by atoms with Crippen molar-refractivity contribution in [1.82, 2.24) is 5.32 Å².